The van der Waals surface area contributed by atoms with Crippen molar-refractivity contribution in [2.45, 2.75) is 53.9 Å². The molecule has 108 valence electrons. The van der Waals surface area contributed by atoms with Gasteiger partial charge in [0, 0.05) is 6.54 Å². The first kappa shape index (κ1) is 16.0. The second-order valence-corrected chi connectivity index (χ2v) is 6.80. The molecule has 0 amide bonds. The Balaban J connectivity index is 0.000000771. The van der Waals surface area contributed by atoms with E-state index in [1.54, 1.807) is 0 Å². The van der Waals surface area contributed by atoms with Gasteiger partial charge in [-0.1, -0.05) is 34.6 Å². The van der Waals surface area contributed by atoms with Gasteiger partial charge < -0.3 is 10.2 Å². The van der Waals surface area contributed by atoms with Crippen LogP contribution in [0.2, 0.25) is 0 Å². The van der Waals surface area contributed by atoms with Crippen LogP contribution in [0.25, 0.3) is 0 Å². The maximum absolute atomic E-state index is 3.47. The number of nitrogens with one attached hydrogen (secondary N) is 1. The van der Waals surface area contributed by atoms with Crippen LogP contribution in [-0.4, -0.2) is 37.6 Å². The van der Waals surface area contributed by atoms with E-state index in [0.717, 1.165) is 11.8 Å². The van der Waals surface area contributed by atoms with Crippen molar-refractivity contribution in [3.8, 4) is 0 Å². The minimum atomic E-state index is 0.515. The van der Waals surface area contributed by atoms with Gasteiger partial charge in [-0.2, -0.15) is 0 Å². The fourth-order valence-electron chi connectivity index (χ4n) is 3.22. The molecule has 2 nitrogen and oxygen atoms in total. The van der Waals surface area contributed by atoms with Gasteiger partial charge in [0.15, 0.2) is 0 Å². The summed E-state index contributed by atoms with van der Waals surface area (Å²) >= 11 is 0. The lowest BCUT2D eigenvalue weighted by atomic mass is 9.75. The third-order valence-electron chi connectivity index (χ3n) is 4.49. The molecule has 0 aromatic rings. The Morgan fingerprint density at radius 1 is 1.06 bits per heavy atom. The predicted molar refractivity (Wildman–Crippen MR) is 80.9 cm³/mol. The molecule has 0 saturated carbocycles. The molecule has 2 aliphatic heterocycles. The highest BCUT2D eigenvalue weighted by Gasteiger charge is 2.29. The molecular formula is C16H34N2. The van der Waals surface area contributed by atoms with E-state index in [-0.39, 0.29) is 0 Å². The van der Waals surface area contributed by atoms with Crippen LogP contribution in [0.4, 0.5) is 0 Å². The first-order chi connectivity index (χ1) is 8.55. The molecule has 0 radical (unpaired) electrons. The van der Waals surface area contributed by atoms with Crippen molar-refractivity contribution in [2.75, 3.05) is 32.7 Å². The summed E-state index contributed by atoms with van der Waals surface area (Å²) in [6.07, 6.45) is 4.20. The summed E-state index contributed by atoms with van der Waals surface area (Å²) in [5.74, 6) is 1.86. The van der Waals surface area contributed by atoms with Crippen molar-refractivity contribution in [1.82, 2.24) is 10.2 Å². The molecule has 0 aromatic carbocycles. The molecule has 0 aliphatic carbocycles. The Morgan fingerprint density at radius 3 is 2.11 bits per heavy atom. The highest BCUT2D eigenvalue weighted by Crippen LogP contribution is 2.34. The minimum absolute atomic E-state index is 0.515. The quantitative estimate of drug-likeness (QED) is 0.812. The van der Waals surface area contributed by atoms with Crippen LogP contribution < -0.4 is 5.32 Å². The number of rotatable bonds is 2. The van der Waals surface area contributed by atoms with Gasteiger partial charge in [-0.15, -0.1) is 0 Å². The molecule has 0 aromatic heterocycles. The number of piperidine rings is 1. The highest BCUT2D eigenvalue weighted by atomic mass is 15.1. The summed E-state index contributed by atoms with van der Waals surface area (Å²) in [4.78, 5) is 2.69. The zero-order valence-corrected chi connectivity index (χ0v) is 13.3. The summed E-state index contributed by atoms with van der Waals surface area (Å²) < 4.78 is 0. The van der Waals surface area contributed by atoms with Crippen molar-refractivity contribution in [3.63, 3.8) is 0 Å². The lowest BCUT2D eigenvalue weighted by Gasteiger charge is -2.39. The SMILES string of the molecule is CC.CC(C)(C)C1CCN(C[C@H]2CCNC2)CC1. The molecule has 1 N–H and O–H groups in total. The monoisotopic (exact) mass is 254 g/mol. The van der Waals surface area contributed by atoms with Crippen LogP contribution in [0.5, 0.6) is 0 Å². The van der Waals surface area contributed by atoms with Crippen LogP contribution in [0.3, 0.4) is 0 Å². The van der Waals surface area contributed by atoms with E-state index in [1.807, 2.05) is 13.8 Å². The molecule has 2 rings (SSSR count). The molecule has 0 bridgehead atoms. The summed E-state index contributed by atoms with van der Waals surface area (Å²) in [5, 5.41) is 3.47. The summed E-state index contributed by atoms with van der Waals surface area (Å²) in [7, 11) is 0. The largest absolute Gasteiger partial charge is 0.316 e. The van der Waals surface area contributed by atoms with Crippen molar-refractivity contribution in [1.29, 1.82) is 0 Å². The van der Waals surface area contributed by atoms with Crippen LogP contribution in [0, 0.1) is 17.3 Å². The van der Waals surface area contributed by atoms with Crippen LogP contribution >= 0.6 is 0 Å². The van der Waals surface area contributed by atoms with Gasteiger partial charge in [0.25, 0.3) is 0 Å². The van der Waals surface area contributed by atoms with Crippen molar-refractivity contribution < 1.29 is 0 Å². The topological polar surface area (TPSA) is 15.3 Å². The van der Waals surface area contributed by atoms with Gasteiger partial charge in [0.1, 0.15) is 0 Å². The highest BCUT2D eigenvalue weighted by molar-refractivity contribution is 4.82. The fraction of sp³-hybridized carbons (Fsp3) is 1.00. The summed E-state index contributed by atoms with van der Waals surface area (Å²) in [6, 6.07) is 0. The third-order valence-corrected chi connectivity index (χ3v) is 4.49. The molecule has 2 fully saturated rings. The van der Waals surface area contributed by atoms with E-state index in [4.69, 9.17) is 0 Å². The molecule has 0 spiro atoms. The molecule has 2 saturated heterocycles. The van der Waals surface area contributed by atoms with Gasteiger partial charge in [-0.3, -0.25) is 0 Å². The first-order valence-corrected chi connectivity index (χ1v) is 7.99. The Morgan fingerprint density at radius 2 is 1.67 bits per heavy atom. The van der Waals surface area contributed by atoms with Crippen LogP contribution in [-0.2, 0) is 0 Å². The minimum Gasteiger partial charge on any atom is -0.316 e. The predicted octanol–water partition coefficient (Wildman–Crippen LogP) is 3.38. The van der Waals surface area contributed by atoms with Gasteiger partial charge in [-0.25, -0.2) is 0 Å². The van der Waals surface area contributed by atoms with E-state index >= 15 is 0 Å². The third kappa shape index (κ3) is 4.89. The van der Waals surface area contributed by atoms with Gasteiger partial charge in [-0.05, 0) is 62.7 Å². The second kappa shape index (κ2) is 7.49. The van der Waals surface area contributed by atoms with Crippen molar-refractivity contribution >= 4 is 0 Å². The number of hydrogen-bond acceptors (Lipinski definition) is 2. The van der Waals surface area contributed by atoms with Gasteiger partial charge >= 0.3 is 0 Å². The molecule has 1 atom stereocenters. The van der Waals surface area contributed by atoms with E-state index in [1.165, 1.54) is 52.0 Å². The second-order valence-electron chi connectivity index (χ2n) is 6.80. The standard InChI is InChI=1S/C14H28N2.C2H6/c1-14(2,3)13-5-8-16(9-6-13)11-12-4-7-15-10-12;1-2/h12-13,15H,4-11H2,1-3H3;1-2H3/t12-;/m0./s1. The number of hydrogen-bond donors (Lipinski definition) is 1. The zero-order chi connectivity index (χ0) is 13.6. The number of likely N-dealkylation sites (tertiary alicyclic amines) is 1. The van der Waals surface area contributed by atoms with E-state index in [0.29, 0.717) is 5.41 Å². The smallest absolute Gasteiger partial charge is 0.00223 e. The van der Waals surface area contributed by atoms with Crippen molar-refractivity contribution in [2.24, 2.45) is 17.3 Å². The van der Waals surface area contributed by atoms with Gasteiger partial charge in [0.05, 0.1) is 0 Å². The Kier molecular flexibility index (Phi) is 6.65. The maximum Gasteiger partial charge on any atom is 0.00223 e. The fourth-order valence-corrected chi connectivity index (χ4v) is 3.22. The zero-order valence-electron chi connectivity index (χ0n) is 13.3. The molecule has 2 heteroatoms. The average Bonchev–Trinajstić information content (AvgIpc) is 2.84. The lowest BCUT2D eigenvalue weighted by molar-refractivity contribution is 0.103. The van der Waals surface area contributed by atoms with Crippen LogP contribution in [0.1, 0.15) is 53.9 Å². The maximum atomic E-state index is 3.47. The lowest BCUT2D eigenvalue weighted by Crippen LogP contribution is -2.40. The Bertz CT molecular complexity index is 206. The molecular weight excluding hydrogens is 220 g/mol. The summed E-state index contributed by atoms with van der Waals surface area (Å²) in [6.45, 7) is 17.7. The molecule has 0 unspecified atom stereocenters. The molecule has 2 heterocycles. The Labute approximate surface area is 115 Å². The summed E-state index contributed by atoms with van der Waals surface area (Å²) in [5.41, 5.74) is 0.515. The normalized spacial score (nSPS) is 26.8. The average molecular weight is 254 g/mol. The molecule has 2 aliphatic rings. The number of nitrogens with zero attached hydrogens (tertiary/aromatic N) is 1. The molecule has 18 heavy (non-hydrogen) atoms. The van der Waals surface area contributed by atoms with Crippen molar-refractivity contribution in [3.05, 3.63) is 0 Å². The van der Waals surface area contributed by atoms with E-state index in [2.05, 4.69) is 31.0 Å². The van der Waals surface area contributed by atoms with E-state index in [9.17, 15) is 0 Å². The Hall–Kier alpha value is -0.0800. The van der Waals surface area contributed by atoms with Gasteiger partial charge in [0.2, 0.25) is 0 Å². The first-order valence-electron chi connectivity index (χ1n) is 7.99. The van der Waals surface area contributed by atoms with E-state index < -0.39 is 0 Å². The van der Waals surface area contributed by atoms with Crippen LogP contribution in [0.15, 0.2) is 0 Å².